The highest BCUT2D eigenvalue weighted by atomic mass is 16.6. The first-order valence-electron chi connectivity index (χ1n) is 9.26. The quantitative estimate of drug-likeness (QED) is 0.608. The Kier molecular flexibility index (Phi) is 8.92. The van der Waals surface area contributed by atoms with E-state index >= 15 is 0 Å². The molecule has 5 heteroatoms. The number of rotatable bonds is 9. The van der Waals surface area contributed by atoms with Crippen molar-refractivity contribution in [2.45, 2.75) is 96.9 Å². The maximum Gasteiger partial charge on any atom is 0.407 e. The van der Waals surface area contributed by atoms with Crippen molar-refractivity contribution in [2.24, 2.45) is 0 Å². The molecule has 0 radical (unpaired) electrons. The standard InChI is InChI=1S/C18H37N3O2/c1-6-7-9-16(13-20-17(22)23-18(3,4)5)21-14(2)12-15-10-8-11-19-15/h14-16,19,21H,6-13H2,1-5H3,(H,20,22). The fraction of sp³-hybridized carbons (Fsp3) is 0.944. The van der Waals surface area contributed by atoms with E-state index in [0.717, 1.165) is 19.4 Å². The van der Waals surface area contributed by atoms with Crippen molar-refractivity contribution in [1.29, 1.82) is 0 Å². The SMILES string of the molecule is CCCCC(CNC(=O)OC(C)(C)C)NC(C)CC1CCCN1. The van der Waals surface area contributed by atoms with Crippen molar-refractivity contribution >= 4 is 6.09 Å². The van der Waals surface area contributed by atoms with Crippen molar-refractivity contribution < 1.29 is 9.53 Å². The normalized spacial score (nSPS) is 21.0. The minimum absolute atomic E-state index is 0.305. The largest absolute Gasteiger partial charge is 0.444 e. The molecule has 0 aromatic rings. The molecule has 1 rings (SSSR count). The van der Waals surface area contributed by atoms with E-state index in [9.17, 15) is 4.79 Å². The molecule has 0 spiro atoms. The van der Waals surface area contributed by atoms with Crippen molar-refractivity contribution in [3.05, 3.63) is 0 Å². The average molecular weight is 328 g/mol. The van der Waals surface area contributed by atoms with Crippen LogP contribution < -0.4 is 16.0 Å². The van der Waals surface area contributed by atoms with Gasteiger partial charge in [0.2, 0.25) is 0 Å². The monoisotopic (exact) mass is 327 g/mol. The predicted molar refractivity (Wildman–Crippen MR) is 95.8 cm³/mol. The zero-order chi connectivity index (χ0) is 17.3. The van der Waals surface area contributed by atoms with Gasteiger partial charge in [0.15, 0.2) is 0 Å². The van der Waals surface area contributed by atoms with E-state index in [4.69, 9.17) is 4.74 Å². The van der Waals surface area contributed by atoms with Gasteiger partial charge in [0.05, 0.1) is 0 Å². The van der Waals surface area contributed by atoms with Crippen LogP contribution in [0.5, 0.6) is 0 Å². The summed E-state index contributed by atoms with van der Waals surface area (Å²) in [5.41, 5.74) is -0.447. The third kappa shape index (κ3) is 9.82. The van der Waals surface area contributed by atoms with Crippen LogP contribution in [0.2, 0.25) is 0 Å². The Hall–Kier alpha value is -0.810. The van der Waals surface area contributed by atoms with Crippen molar-refractivity contribution in [3.63, 3.8) is 0 Å². The first-order chi connectivity index (χ1) is 10.8. The van der Waals surface area contributed by atoms with E-state index in [1.165, 1.54) is 25.7 Å². The van der Waals surface area contributed by atoms with Crippen LogP contribution in [0, 0.1) is 0 Å². The van der Waals surface area contributed by atoms with Crippen molar-refractivity contribution in [2.75, 3.05) is 13.1 Å². The van der Waals surface area contributed by atoms with E-state index in [1.807, 2.05) is 20.8 Å². The Morgan fingerprint density at radius 2 is 2.13 bits per heavy atom. The molecular formula is C18H37N3O2. The Morgan fingerprint density at radius 3 is 2.70 bits per heavy atom. The highest BCUT2D eigenvalue weighted by Gasteiger charge is 2.20. The number of ether oxygens (including phenoxy) is 1. The second-order valence-electron chi connectivity index (χ2n) is 7.82. The molecular weight excluding hydrogens is 290 g/mol. The van der Waals surface area contributed by atoms with Gasteiger partial charge < -0.3 is 20.7 Å². The topological polar surface area (TPSA) is 62.4 Å². The average Bonchev–Trinajstić information content (AvgIpc) is 2.92. The summed E-state index contributed by atoms with van der Waals surface area (Å²) < 4.78 is 5.32. The van der Waals surface area contributed by atoms with Crippen LogP contribution in [0.25, 0.3) is 0 Å². The first kappa shape index (κ1) is 20.2. The van der Waals surface area contributed by atoms with E-state index < -0.39 is 5.60 Å². The lowest BCUT2D eigenvalue weighted by atomic mass is 10.0. The molecule has 1 saturated heterocycles. The van der Waals surface area contributed by atoms with Crippen molar-refractivity contribution in [1.82, 2.24) is 16.0 Å². The second-order valence-corrected chi connectivity index (χ2v) is 7.82. The number of hydrogen-bond donors (Lipinski definition) is 3. The summed E-state index contributed by atoms with van der Waals surface area (Å²) in [4.78, 5) is 11.8. The van der Waals surface area contributed by atoms with Crippen LogP contribution in [0.1, 0.15) is 73.1 Å². The van der Waals surface area contributed by atoms with Gasteiger partial charge in [0, 0.05) is 24.7 Å². The molecule has 3 N–H and O–H groups in total. The Bertz CT molecular complexity index is 336. The van der Waals surface area contributed by atoms with Crippen LogP contribution in [-0.4, -0.2) is 42.9 Å². The minimum atomic E-state index is -0.447. The summed E-state index contributed by atoms with van der Waals surface area (Å²) in [5, 5.41) is 10.1. The number of hydrogen-bond acceptors (Lipinski definition) is 4. The van der Waals surface area contributed by atoms with E-state index in [2.05, 4.69) is 29.8 Å². The molecule has 0 bridgehead atoms. The molecule has 5 nitrogen and oxygen atoms in total. The summed E-state index contributed by atoms with van der Waals surface area (Å²) in [7, 11) is 0. The van der Waals surface area contributed by atoms with Crippen LogP contribution in [-0.2, 0) is 4.74 Å². The lowest BCUT2D eigenvalue weighted by molar-refractivity contribution is 0.0520. The van der Waals surface area contributed by atoms with Gasteiger partial charge in [-0.3, -0.25) is 0 Å². The Balaban J connectivity index is 2.36. The molecule has 3 atom stereocenters. The van der Waals surface area contributed by atoms with Gasteiger partial charge in [-0.05, 0) is 59.9 Å². The minimum Gasteiger partial charge on any atom is -0.444 e. The molecule has 3 unspecified atom stereocenters. The maximum absolute atomic E-state index is 11.8. The maximum atomic E-state index is 11.8. The van der Waals surface area contributed by atoms with E-state index in [0.29, 0.717) is 24.7 Å². The summed E-state index contributed by atoms with van der Waals surface area (Å²) in [6.45, 7) is 11.9. The molecule has 1 amide bonds. The number of carbonyl (C=O) groups is 1. The van der Waals surface area contributed by atoms with Gasteiger partial charge in [-0.25, -0.2) is 4.79 Å². The molecule has 136 valence electrons. The van der Waals surface area contributed by atoms with Crippen molar-refractivity contribution in [3.8, 4) is 0 Å². The van der Waals surface area contributed by atoms with Crippen LogP contribution in [0.4, 0.5) is 4.79 Å². The van der Waals surface area contributed by atoms with Gasteiger partial charge in [-0.15, -0.1) is 0 Å². The lowest BCUT2D eigenvalue weighted by Gasteiger charge is -2.26. The molecule has 1 fully saturated rings. The molecule has 0 saturated carbocycles. The Morgan fingerprint density at radius 1 is 1.39 bits per heavy atom. The molecule has 0 aliphatic carbocycles. The summed E-state index contributed by atoms with van der Waals surface area (Å²) in [6, 6.07) is 1.40. The number of nitrogens with one attached hydrogen (secondary N) is 3. The zero-order valence-corrected chi connectivity index (χ0v) is 15.7. The molecule has 1 heterocycles. The number of amides is 1. The molecule has 0 aromatic heterocycles. The van der Waals surface area contributed by atoms with Gasteiger partial charge in [0.25, 0.3) is 0 Å². The second kappa shape index (κ2) is 10.1. The van der Waals surface area contributed by atoms with Gasteiger partial charge in [-0.1, -0.05) is 19.8 Å². The van der Waals surface area contributed by atoms with E-state index in [-0.39, 0.29) is 6.09 Å². The first-order valence-corrected chi connectivity index (χ1v) is 9.26. The lowest BCUT2D eigenvalue weighted by Crippen LogP contribution is -2.47. The van der Waals surface area contributed by atoms with Crippen LogP contribution >= 0.6 is 0 Å². The number of unbranched alkanes of at least 4 members (excludes halogenated alkanes) is 1. The number of carbonyl (C=O) groups excluding carboxylic acids is 1. The predicted octanol–water partition coefficient (Wildman–Crippen LogP) is 3.19. The summed E-state index contributed by atoms with van der Waals surface area (Å²) in [5.74, 6) is 0. The summed E-state index contributed by atoms with van der Waals surface area (Å²) >= 11 is 0. The highest BCUT2D eigenvalue weighted by Crippen LogP contribution is 2.12. The third-order valence-corrected chi connectivity index (χ3v) is 4.12. The Labute approximate surface area is 142 Å². The number of alkyl carbamates (subject to hydrolysis) is 1. The molecule has 23 heavy (non-hydrogen) atoms. The van der Waals surface area contributed by atoms with E-state index in [1.54, 1.807) is 0 Å². The smallest absolute Gasteiger partial charge is 0.407 e. The zero-order valence-electron chi connectivity index (χ0n) is 15.7. The molecule has 1 aliphatic rings. The fourth-order valence-corrected chi connectivity index (χ4v) is 3.07. The highest BCUT2D eigenvalue weighted by molar-refractivity contribution is 5.67. The fourth-order valence-electron chi connectivity index (χ4n) is 3.07. The van der Waals surface area contributed by atoms with Gasteiger partial charge in [0.1, 0.15) is 5.60 Å². The van der Waals surface area contributed by atoms with Crippen LogP contribution in [0.3, 0.4) is 0 Å². The van der Waals surface area contributed by atoms with Crippen LogP contribution in [0.15, 0.2) is 0 Å². The van der Waals surface area contributed by atoms with Gasteiger partial charge >= 0.3 is 6.09 Å². The third-order valence-electron chi connectivity index (χ3n) is 4.12. The molecule has 1 aliphatic heterocycles. The summed E-state index contributed by atoms with van der Waals surface area (Å²) in [6.07, 6.45) is 6.80. The van der Waals surface area contributed by atoms with Gasteiger partial charge in [-0.2, -0.15) is 0 Å². The molecule has 0 aromatic carbocycles.